The van der Waals surface area contributed by atoms with Crippen LogP contribution in [0.15, 0.2) is 47.5 Å². The van der Waals surface area contributed by atoms with Gasteiger partial charge in [-0.1, -0.05) is 6.07 Å². The van der Waals surface area contributed by atoms with Gasteiger partial charge in [0.2, 0.25) is 0 Å². The topological polar surface area (TPSA) is 69.6 Å². The van der Waals surface area contributed by atoms with Crippen molar-refractivity contribution in [3.05, 3.63) is 48.0 Å². The van der Waals surface area contributed by atoms with Crippen LogP contribution in [0.5, 0.6) is 17.2 Å². The number of hydrogen-bond acceptors (Lipinski definition) is 5. The summed E-state index contributed by atoms with van der Waals surface area (Å²) in [7, 11) is 5.08. The molecular weight excluding hydrogens is 356 g/mol. The molecule has 3 rings (SSSR count). The smallest absolute Gasteiger partial charge is 0.194 e. The van der Waals surface area contributed by atoms with Gasteiger partial charge in [0.1, 0.15) is 17.2 Å². The summed E-state index contributed by atoms with van der Waals surface area (Å²) in [5, 5.41) is 13.4. The molecule has 2 aromatic rings. The van der Waals surface area contributed by atoms with Crippen LogP contribution in [0.1, 0.15) is 5.56 Å². The third kappa shape index (κ3) is 4.60. The Kier molecular flexibility index (Phi) is 6.47. The van der Waals surface area contributed by atoms with E-state index >= 15 is 0 Å². The average molecular weight is 384 g/mol. The van der Waals surface area contributed by atoms with Gasteiger partial charge in [-0.25, -0.2) is 0 Å². The third-order valence-corrected chi connectivity index (χ3v) is 4.93. The van der Waals surface area contributed by atoms with Gasteiger partial charge in [-0.05, 0) is 30.3 Å². The van der Waals surface area contributed by atoms with Gasteiger partial charge in [0.15, 0.2) is 5.96 Å². The number of benzene rings is 2. The van der Waals surface area contributed by atoms with E-state index in [1.165, 1.54) is 5.69 Å². The predicted octanol–water partition coefficient (Wildman–Crippen LogP) is 2.31. The van der Waals surface area contributed by atoms with E-state index in [1.807, 2.05) is 18.2 Å². The number of nitrogens with one attached hydrogen (secondary N) is 1. The van der Waals surface area contributed by atoms with Crippen molar-refractivity contribution >= 4 is 11.6 Å². The third-order valence-electron chi connectivity index (χ3n) is 4.93. The zero-order valence-corrected chi connectivity index (χ0v) is 16.7. The van der Waals surface area contributed by atoms with Gasteiger partial charge in [0.05, 0.1) is 14.2 Å². The van der Waals surface area contributed by atoms with E-state index in [4.69, 9.17) is 9.47 Å². The summed E-state index contributed by atoms with van der Waals surface area (Å²) in [6.07, 6.45) is 0. The highest BCUT2D eigenvalue weighted by atomic mass is 16.5. The van der Waals surface area contributed by atoms with Crippen LogP contribution in [0.2, 0.25) is 0 Å². The number of nitrogens with zero attached hydrogens (tertiary/aromatic N) is 3. The number of phenolic OH excluding ortho intramolecular Hbond substituents is 1. The van der Waals surface area contributed by atoms with Crippen molar-refractivity contribution in [2.45, 2.75) is 6.54 Å². The highest BCUT2D eigenvalue weighted by molar-refractivity contribution is 5.80. The van der Waals surface area contributed by atoms with Crippen molar-refractivity contribution in [1.82, 2.24) is 10.2 Å². The van der Waals surface area contributed by atoms with Crippen LogP contribution < -0.4 is 19.7 Å². The number of methoxy groups -OCH3 is 2. The second kappa shape index (κ2) is 9.21. The first kappa shape index (κ1) is 19.7. The van der Waals surface area contributed by atoms with Crippen LogP contribution in [0, 0.1) is 0 Å². The lowest BCUT2D eigenvalue weighted by Gasteiger charge is -2.37. The highest BCUT2D eigenvalue weighted by Gasteiger charge is 2.20. The molecule has 0 saturated carbocycles. The van der Waals surface area contributed by atoms with Crippen LogP contribution in [0.4, 0.5) is 5.69 Å². The monoisotopic (exact) mass is 384 g/mol. The molecule has 0 aliphatic carbocycles. The van der Waals surface area contributed by atoms with Crippen molar-refractivity contribution in [2.75, 3.05) is 52.3 Å². The molecule has 0 radical (unpaired) electrons. The number of rotatable bonds is 5. The van der Waals surface area contributed by atoms with Crippen molar-refractivity contribution in [2.24, 2.45) is 4.99 Å². The lowest BCUT2D eigenvalue weighted by Crippen LogP contribution is -2.52. The molecule has 7 heteroatoms. The van der Waals surface area contributed by atoms with Crippen molar-refractivity contribution < 1.29 is 14.6 Å². The zero-order valence-electron chi connectivity index (χ0n) is 16.7. The summed E-state index contributed by atoms with van der Waals surface area (Å²) >= 11 is 0. The Morgan fingerprint density at radius 1 is 1.04 bits per heavy atom. The quantitative estimate of drug-likeness (QED) is 0.609. The Morgan fingerprint density at radius 3 is 2.43 bits per heavy atom. The van der Waals surface area contributed by atoms with Gasteiger partial charge in [0, 0.05) is 57.1 Å². The molecule has 150 valence electrons. The zero-order chi connectivity index (χ0) is 19.9. The van der Waals surface area contributed by atoms with E-state index in [-0.39, 0.29) is 5.75 Å². The molecule has 1 saturated heterocycles. The molecule has 0 aromatic heterocycles. The summed E-state index contributed by atoms with van der Waals surface area (Å²) in [6, 6.07) is 13.4. The molecule has 0 unspecified atom stereocenters. The van der Waals surface area contributed by atoms with E-state index in [1.54, 1.807) is 33.4 Å². The molecule has 2 N–H and O–H groups in total. The molecule has 1 aliphatic heterocycles. The predicted molar refractivity (Wildman–Crippen MR) is 112 cm³/mol. The summed E-state index contributed by atoms with van der Waals surface area (Å²) in [5.74, 6) is 2.66. The van der Waals surface area contributed by atoms with Crippen molar-refractivity contribution in [3.63, 3.8) is 0 Å². The van der Waals surface area contributed by atoms with Gasteiger partial charge in [0.25, 0.3) is 0 Å². The molecule has 1 heterocycles. The number of anilines is 1. The molecule has 0 amide bonds. The van der Waals surface area contributed by atoms with Crippen molar-refractivity contribution in [3.8, 4) is 17.2 Å². The molecule has 0 atom stereocenters. The average Bonchev–Trinajstić information content (AvgIpc) is 2.75. The van der Waals surface area contributed by atoms with E-state index in [9.17, 15) is 5.11 Å². The summed E-state index contributed by atoms with van der Waals surface area (Å²) in [4.78, 5) is 8.98. The maximum absolute atomic E-state index is 10.1. The van der Waals surface area contributed by atoms with Crippen LogP contribution in [-0.2, 0) is 6.54 Å². The van der Waals surface area contributed by atoms with Crippen LogP contribution >= 0.6 is 0 Å². The lowest BCUT2D eigenvalue weighted by molar-refractivity contribution is 0.371. The van der Waals surface area contributed by atoms with Crippen LogP contribution in [-0.4, -0.2) is 63.4 Å². The number of guanidine groups is 1. The summed E-state index contributed by atoms with van der Waals surface area (Å²) in [6.45, 7) is 4.00. The Bertz CT molecular complexity index is 817. The number of phenols is 1. The Hall–Kier alpha value is -3.09. The van der Waals surface area contributed by atoms with Gasteiger partial charge >= 0.3 is 0 Å². The first-order valence-electron chi connectivity index (χ1n) is 9.35. The first-order chi connectivity index (χ1) is 13.6. The van der Waals surface area contributed by atoms with Gasteiger partial charge in [-0.2, -0.15) is 0 Å². The van der Waals surface area contributed by atoms with E-state index < -0.39 is 0 Å². The van der Waals surface area contributed by atoms with Gasteiger partial charge in [-0.15, -0.1) is 0 Å². The fraction of sp³-hybridized carbons (Fsp3) is 0.381. The second-order valence-electron chi connectivity index (χ2n) is 6.57. The minimum Gasteiger partial charge on any atom is -0.508 e. The fourth-order valence-corrected chi connectivity index (χ4v) is 3.32. The number of aliphatic imine (C=N–C) groups is 1. The van der Waals surface area contributed by atoms with E-state index in [0.29, 0.717) is 6.54 Å². The minimum absolute atomic E-state index is 0.242. The molecule has 0 bridgehead atoms. The molecule has 7 nitrogen and oxygen atoms in total. The maximum Gasteiger partial charge on any atom is 0.194 e. The molecule has 1 aliphatic rings. The Balaban J connectivity index is 1.58. The van der Waals surface area contributed by atoms with E-state index in [0.717, 1.165) is 49.2 Å². The fourth-order valence-electron chi connectivity index (χ4n) is 3.32. The van der Waals surface area contributed by atoms with E-state index in [2.05, 4.69) is 32.2 Å². The van der Waals surface area contributed by atoms with Gasteiger partial charge < -0.3 is 29.7 Å². The largest absolute Gasteiger partial charge is 0.508 e. The number of piperazine rings is 1. The molecule has 28 heavy (non-hydrogen) atoms. The highest BCUT2D eigenvalue weighted by Crippen LogP contribution is 2.23. The number of ether oxygens (including phenoxy) is 2. The SMILES string of the molecule is CN=C(NCc1cc(OC)ccc1O)N1CCN(c2cccc(OC)c2)CC1. The standard InChI is InChI=1S/C21H28N4O3/c1-22-21(23-15-16-13-19(28-3)7-8-20(16)26)25-11-9-24(10-12-25)17-5-4-6-18(14-17)27-2/h4-8,13-14,26H,9-12,15H2,1-3H3,(H,22,23). The van der Waals surface area contributed by atoms with Gasteiger partial charge in [-0.3, -0.25) is 4.99 Å². The Morgan fingerprint density at radius 2 is 1.75 bits per heavy atom. The minimum atomic E-state index is 0.242. The summed E-state index contributed by atoms with van der Waals surface area (Å²) < 4.78 is 10.6. The van der Waals surface area contributed by atoms with Crippen LogP contribution in [0.25, 0.3) is 0 Å². The first-order valence-corrected chi connectivity index (χ1v) is 9.35. The number of aromatic hydroxyl groups is 1. The molecule has 1 fully saturated rings. The molecule has 0 spiro atoms. The Labute approximate surface area is 166 Å². The normalized spacial score (nSPS) is 14.8. The second-order valence-corrected chi connectivity index (χ2v) is 6.57. The molecule has 2 aromatic carbocycles. The van der Waals surface area contributed by atoms with Crippen molar-refractivity contribution in [1.29, 1.82) is 0 Å². The number of hydrogen-bond donors (Lipinski definition) is 2. The maximum atomic E-state index is 10.1. The lowest BCUT2D eigenvalue weighted by atomic mass is 10.2. The van der Waals surface area contributed by atoms with Crippen LogP contribution in [0.3, 0.4) is 0 Å². The molecular formula is C21H28N4O3. The summed E-state index contributed by atoms with van der Waals surface area (Å²) in [5.41, 5.74) is 1.94.